The normalized spacial score (nSPS) is 12.3. The molecule has 2 aromatic rings. The van der Waals surface area contributed by atoms with E-state index in [0.29, 0.717) is 17.1 Å². The van der Waals surface area contributed by atoms with Gasteiger partial charge in [0.1, 0.15) is 11.6 Å². The highest BCUT2D eigenvalue weighted by atomic mass is 19.1. The first-order chi connectivity index (χ1) is 10.1. The van der Waals surface area contributed by atoms with Gasteiger partial charge in [0.15, 0.2) is 11.5 Å². The highest BCUT2D eigenvalue weighted by Gasteiger charge is 2.16. The summed E-state index contributed by atoms with van der Waals surface area (Å²) in [6.07, 6.45) is 0. The molecule has 0 saturated carbocycles. The van der Waals surface area contributed by atoms with Crippen LogP contribution in [0.2, 0.25) is 0 Å². The van der Waals surface area contributed by atoms with E-state index >= 15 is 0 Å². The number of rotatable bonds is 3. The second kappa shape index (κ2) is 5.40. The fourth-order valence-electron chi connectivity index (χ4n) is 1.98. The van der Waals surface area contributed by atoms with Crippen molar-refractivity contribution in [2.24, 2.45) is 0 Å². The molecular formula is C15H11F2NO3. The van der Waals surface area contributed by atoms with Crippen LogP contribution in [0.25, 0.3) is 0 Å². The second-order valence-electron chi connectivity index (χ2n) is 4.49. The highest BCUT2D eigenvalue weighted by molar-refractivity contribution is 5.94. The molecule has 0 aliphatic carbocycles. The van der Waals surface area contributed by atoms with Gasteiger partial charge in [0.25, 0.3) is 5.91 Å². The van der Waals surface area contributed by atoms with E-state index in [0.717, 1.165) is 12.1 Å². The van der Waals surface area contributed by atoms with Crippen LogP contribution < -0.4 is 14.8 Å². The van der Waals surface area contributed by atoms with Crippen molar-refractivity contribution in [1.82, 2.24) is 5.32 Å². The number of benzene rings is 2. The van der Waals surface area contributed by atoms with Crippen LogP contribution in [-0.2, 0) is 6.54 Å². The maximum Gasteiger partial charge on any atom is 0.251 e. The second-order valence-corrected chi connectivity index (χ2v) is 4.49. The van der Waals surface area contributed by atoms with Gasteiger partial charge in [0, 0.05) is 23.7 Å². The fraction of sp³-hybridized carbons (Fsp3) is 0.133. The van der Waals surface area contributed by atoms with E-state index in [1.54, 1.807) is 18.2 Å². The summed E-state index contributed by atoms with van der Waals surface area (Å²) in [7, 11) is 0. The predicted octanol–water partition coefficient (Wildman–Crippen LogP) is 2.62. The van der Waals surface area contributed by atoms with E-state index < -0.39 is 11.6 Å². The van der Waals surface area contributed by atoms with Gasteiger partial charge in [-0.2, -0.15) is 0 Å². The summed E-state index contributed by atoms with van der Waals surface area (Å²) < 4.78 is 36.6. The summed E-state index contributed by atoms with van der Waals surface area (Å²) in [6, 6.07) is 8.00. The number of carbonyl (C=O) groups is 1. The first-order valence-corrected chi connectivity index (χ1v) is 6.25. The first kappa shape index (κ1) is 13.4. The van der Waals surface area contributed by atoms with Crippen LogP contribution in [0.3, 0.4) is 0 Å². The molecule has 1 aliphatic heterocycles. The van der Waals surface area contributed by atoms with Crippen molar-refractivity contribution in [2.45, 2.75) is 6.54 Å². The molecule has 0 saturated heterocycles. The molecule has 3 rings (SSSR count). The Labute approximate surface area is 119 Å². The van der Waals surface area contributed by atoms with Crippen LogP contribution in [0.5, 0.6) is 11.5 Å². The molecular weight excluding hydrogens is 280 g/mol. The topological polar surface area (TPSA) is 47.6 Å². The average molecular weight is 291 g/mol. The molecule has 0 radical (unpaired) electrons. The number of carbonyl (C=O) groups excluding carboxylic acids is 1. The summed E-state index contributed by atoms with van der Waals surface area (Å²) in [5.74, 6) is -0.650. The largest absolute Gasteiger partial charge is 0.454 e. The Morgan fingerprint density at radius 3 is 2.71 bits per heavy atom. The molecule has 6 heteroatoms. The molecule has 1 amide bonds. The Bertz CT molecular complexity index is 703. The van der Waals surface area contributed by atoms with Crippen LogP contribution >= 0.6 is 0 Å². The summed E-state index contributed by atoms with van der Waals surface area (Å²) in [5, 5.41) is 2.57. The maximum atomic E-state index is 13.5. The van der Waals surface area contributed by atoms with Crippen molar-refractivity contribution in [2.75, 3.05) is 6.79 Å². The molecule has 2 aromatic carbocycles. The van der Waals surface area contributed by atoms with Crippen molar-refractivity contribution < 1.29 is 23.0 Å². The van der Waals surface area contributed by atoms with E-state index in [1.165, 1.54) is 6.07 Å². The molecule has 0 atom stereocenters. The number of amides is 1. The average Bonchev–Trinajstić information content (AvgIpc) is 2.93. The van der Waals surface area contributed by atoms with Gasteiger partial charge in [0.2, 0.25) is 6.79 Å². The zero-order chi connectivity index (χ0) is 14.8. The third-order valence-corrected chi connectivity index (χ3v) is 3.09. The van der Waals surface area contributed by atoms with Crippen molar-refractivity contribution in [3.8, 4) is 11.5 Å². The SMILES string of the molecule is O=C(NCc1ccc(F)cc1F)c1ccc2c(c1)OCO2. The van der Waals surface area contributed by atoms with Gasteiger partial charge in [-0.3, -0.25) is 4.79 Å². The Kier molecular flexibility index (Phi) is 3.43. The summed E-state index contributed by atoms with van der Waals surface area (Å²) in [6.45, 7) is 0.0978. The molecule has 0 unspecified atom stereocenters. The molecule has 0 spiro atoms. The zero-order valence-electron chi connectivity index (χ0n) is 10.9. The van der Waals surface area contributed by atoms with Gasteiger partial charge in [-0.25, -0.2) is 8.78 Å². The van der Waals surface area contributed by atoms with Gasteiger partial charge < -0.3 is 14.8 Å². The molecule has 1 N–H and O–H groups in total. The van der Waals surface area contributed by atoms with Gasteiger partial charge >= 0.3 is 0 Å². The summed E-state index contributed by atoms with van der Waals surface area (Å²) >= 11 is 0. The Balaban J connectivity index is 1.69. The van der Waals surface area contributed by atoms with Crippen LogP contribution in [0.4, 0.5) is 8.78 Å². The molecule has 1 aliphatic rings. The van der Waals surface area contributed by atoms with Gasteiger partial charge in [-0.05, 0) is 24.3 Å². The van der Waals surface area contributed by atoms with Gasteiger partial charge in [0.05, 0.1) is 0 Å². The lowest BCUT2D eigenvalue weighted by Gasteiger charge is -2.07. The molecule has 21 heavy (non-hydrogen) atoms. The third kappa shape index (κ3) is 2.79. The molecule has 0 aromatic heterocycles. The molecule has 0 fully saturated rings. The van der Waals surface area contributed by atoms with Crippen LogP contribution in [-0.4, -0.2) is 12.7 Å². The van der Waals surface area contributed by atoms with Crippen LogP contribution in [0.1, 0.15) is 15.9 Å². The summed E-state index contributed by atoms with van der Waals surface area (Å²) in [4.78, 5) is 12.0. The predicted molar refractivity (Wildman–Crippen MR) is 70.1 cm³/mol. The van der Waals surface area contributed by atoms with Gasteiger partial charge in [-0.15, -0.1) is 0 Å². The first-order valence-electron chi connectivity index (χ1n) is 6.25. The van der Waals surface area contributed by atoms with Crippen LogP contribution in [0.15, 0.2) is 36.4 Å². The lowest BCUT2D eigenvalue weighted by Crippen LogP contribution is -2.23. The van der Waals surface area contributed by atoms with E-state index in [-0.39, 0.29) is 24.8 Å². The monoisotopic (exact) mass is 291 g/mol. The van der Waals surface area contributed by atoms with Crippen molar-refractivity contribution in [1.29, 1.82) is 0 Å². The van der Waals surface area contributed by atoms with E-state index in [9.17, 15) is 13.6 Å². The van der Waals surface area contributed by atoms with E-state index in [1.807, 2.05) is 0 Å². The number of hydrogen-bond donors (Lipinski definition) is 1. The molecule has 108 valence electrons. The third-order valence-electron chi connectivity index (χ3n) is 3.09. The van der Waals surface area contributed by atoms with Crippen molar-refractivity contribution >= 4 is 5.91 Å². The summed E-state index contributed by atoms with van der Waals surface area (Å²) in [5.41, 5.74) is 0.590. The van der Waals surface area contributed by atoms with Crippen molar-refractivity contribution in [3.63, 3.8) is 0 Å². The minimum Gasteiger partial charge on any atom is -0.454 e. The zero-order valence-corrected chi connectivity index (χ0v) is 10.9. The molecule has 0 bridgehead atoms. The quantitative estimate of drug-likeness (QED) is 0.945. The Morgan fingerprint density at radius 1 is 1.10 bits per heavy atom. The number of hydrogen-bond acceptors (Lipinski definition) is 3. The molecule has 1 heterocycles. The van der Waals surface area contributed by atoms with Gasteiger partial charge in [-0.1, -0.05) is 6.07 Å². The molecule has 4 nitrogen and oxygen atoms in total. The minimum atomic E-state index is -0.694. The van der Waals surface area contributed by atoms with Crippen molar-refractivity contribution in [3.05, 3.63) is 59.2 Å². The van der Waals surface area contributed by atoms with E-state index in [2.05, 4.69) is 5.32 Å². The number of fused-ring (bicyclic) bond motifs is 1. The maximum absolute atomic E-state index is 13.5. The Morgan fingerprint density at radius 2 is 1.90 bits per heavy atom. The number of nitrogens with one attached hydrogen (secondary N) is 1. The van der Waals surface area contributed by atoms with Crippen LogP contribution in [0, 0.1) is 11.6 Å². The highest BCUT2D eigenvalue weighted by Crippen LogP contribution is 2.32. The number of halogens is 2. The number of ether oxygens (including phenoxy) is 2. The lowest BCUT2D eigenvalue weighted by molar-refractivity contribution is 0.0950. The fourth-order valence-corrected chi connectivity index (χ4v) is 1.98. The van der Waals surface area contributed by atoms with E-state index in [4.69, 9.17) is 9.47 Å². The standard InChI is InChI=1S/C15H11F2NO3/c16-11-3-1-10(12(17)6-11)7-18-15(19)9-2-4-13-14(5-9)21-8-20-13/h1-6H,7-8H2,(H,18,19). The Hall–Kier alpha value is -2.63. The lowest BCUT2D eigenvalue weighted by atomic mass is 10.1. The minimum absolute atomic E-state index is 0.0284. The smallest absolute Gasteiger partial charge is 0.251 e.